The highest BCUT2D eigenvalue weighted by atomic mass is 16.6. The number of amides is 1. The molecule has 5 heteroatoms. The first-order valence-corrected chi connectivity index (χ1v) is 8.07. The largest absolute Gasteiger partial charge is 0.444 e. The number of nitrogens with zero attached hydrogens (tertiary/aromatic N) is 2. The second kappa shape index (κ2) is 7.99. The zero-order valence-corrected chi connectivity index (χ0v) is 14.6. The number of nitrogens with one attached hydrogen (secondary N) is 1. The molecule has 2 atom stereocenters. The summed E-state index contributed by atoms with van der Waals surface area (Å²) in [6.07, 6.45) is 3.15. The van der Waals surface area contributed by atoms with Crippen LogP contribution in [0.1, 0.15) is 47.0 Å². The maximum atomic E-state index is 12.3. The van der Waals surface area contributed by atoms with Gasteiger partial charge in [-0.25, -0.2) is 4.79 Å². The van der Waals surface area contributed by atoms with Crippen molar-refractivity contribution in [3.05, 3.63) is 0 Å². The minimum absolute atomic E-state index is 0.172. The Morgan fingerprint density at radius 2 is 2.05 bits per heavy atom. The van der Waals surface area contributed by atoms with E-state index in [0.717, 1.165) is 32.5 Å². The predicted octanol–water partition coefficient (Wildman–Crippen LogP) is 2.32. The molecule has 1 aliphatic rings. The fraction of sp³-hybridized carbons (Fsp3) is 0.938. The molecule has 1 N–H and O–H groups in total. The summed E-state index contributed by atoms with van der Waals surface area (Å²) < 4.78 is 5.52. The van der Waals surface area contributed by atoms with E-state index >= 15 is 0 Å². The average Bonchev–Trinajstić information content (AvgIpc) is 2.37. The zero-order valence-electron chi connectivity index (χ0n) is 14.6. The number of likely N-dealkylation sites (tertiary alicyclic amines) is 1. The van der Waals surface area contributed by atoms with Crippen molar-refractivity contribution >= 4 is 6.09 Å². The Kier molecular flexibility index (Phi) is 6.94. The van der Waals surface area contributed by atoms with Crippen molar-refractivity contribution in [3.63, 3.8) is 0 Å². The number of carbonyl (C=O) groups excluding carboxylic acids is 1. The van der Waals surface area contributed by atoms with Gasteiger partial charge in [-0.1, -0.05) is 0 Å². The van der Waals surface area contributed by atoms with Gasteiger partial charge in [0.15, 0.2) is 0 Å². The second-order valence-electron chi connectivity index (χ2n) is 7.29. The molecule has 0 aromatic heterocycles. The van der Waals surface area contributed by atoms with Crippen LogP contribution >= 0.6 is 0 Å². The molecule has 1 saturated heterocycles. The molecule has 0 bridgehead atoms. The maximum Gasteiger partial charge on any atom is 0.410 e. The van der Waals surface area contributed by atoms with Crippen LogP contribution in [0.5, 0.6) is 0 Å². The maximum absolute atomic E-state index is 12.3. The molecular formula is C16H33N3O2. The third-order valence-electron chi connectivity index (χ3n) is 3.96. The van der Waals surface area contributed by atoms with Crippen LogP contribution in [0.3, 0.4) is 0 Å². The Bertz CT molecular complexity index is 326. The third-order valence-corrected chi connectivity index (χ3v) is 3.96. The molecule has 0 aromatic rings. The fourth-order valence-corrected chi connectivity index (χ4v) is 2.42. The monoisotopic (exact) mass is 299 g/mol. The lowest BCUT2D eigenvalue weighted by Gasteiger charge is -2.37. The summed E-state index contributed by atoms with van der Waals surface area (Å²) in [7, 11) is 4.17. The van der Waals surface area contributed by atoms with Crippen LogP contribution < -0.4 is 5.32 Å². The first kappa shape index (κ1) is 18.2. The number of hydrogen-bond acceptors (Lipinski definition) is 4. The highest BCUT2D eigenvalue weighted by molar-refractivity contribution is 5.68. The highest BCUT2D eigenvalue weighted by Gasteiger charge is 2.30. The Morgan fingerprint density at radius 3 is 2.62 bits per heavy atom. The number of ether oxygens (including phenoxy) is 1. The summed E-state index contributed by atoms with van der Waals surface area (Å²) >= 11 is 0. The first-order valence-electron chi connectivity index (χ1n) is 8.07. The molecule has 2 unspecified atom stereocenters. The topological polar surface area (TPSA) is 44.8 Å². The van der Waals surface area contributed by atoms with Crippen LogP contribution in [0.4, 0.5) is 4.79 Å². The van der Waals surface area contributed by atoms with E-state index in [1.54, 1.807) is 0 Å². The molecule has 1 aliphatic heterocycles. The second-order valence-corrected chi connectivity index (χ2v) is 7.29. The van der Waals surface area contributed by atoms with Gasteiger partial charge in [0.1, 0.15) is 5.60 Å². The number of hydrogen-bond donors (Lipinski definition) is 1. The molecular weight excluding hydrogens is 266 g/mol. The lowest BCUT2D eigenvalue weighted by atomic mass is 10.0. The van der Waals surface area contributed by atoms with Gasteiger partial charge < -0.3 is 19.9 Å². The summed E-state index contributed by atoms with van der Waals surface area (Å²) in [4.78, 5) is 16.4. The van der Waals surface area contributed by atoms with Crippen molar-refractivity contribution in [2.24, 2.45) is 0 Å². The molecule has 0 aliphatic carbocycles. The van der Waals surface area contributed by atoms with E-state index in [1.807, 2.05) is 25.7 Å². The molecule has 5 nitrogen and oxygen atoms in total. The number of piperidine rings is 1. The van der Waals surface area contributed by atoms with Crippen LogP contribution in [0.25, 0.3) is 0 Å². The van der Waals surface area contributed by atoms with Gasteiger partial charge in [-0.05, 0) is 61.1 Å². The SMILES string of the molecule is CC(CNCC1CCCCN1C(=O)OC(C)(C)C)N(C)C. The van der Waals surface area contributed by atoms with Crippen molar-refractivity contribution < 1.29 is 9.53 Å². The van der Waals surface area contributed by atoms with Crippen LogP contribution in [-0.4, -0.2) is 67.3 Å². The van der Waals surface area contributed by atoms with E-state index in [9.17, 15) is 4.79 Å². The van der Waals surface area contributed by atoms with Gasteiger partial charge in [-0.15, -0.1) is 0 Å². The summed E-state index contributed by atoms with van der Waals surface area (Å²) in [6, 6.07) is 0.742. The van der Waals surface area contributed by atoms with Crippen LogP contribution in [0.2, 0.25) is 0 Å². The molecule has 1 fully saturated rings. The van der Waals surface area contributed by atoms with E-state index in [2.05, 4.69) is 31.2 Å². The van der Waals surface area contributed by atoms with Crippen molar-refractivity contribution in [1.82, 2.24) is 15.1 Å². The average molecular weight is 299 g/mol. The Hall–Kier alpha value is -0.810. The van der Waals surface area contributed by atoms with Crippen LogP contribution in [0, 0.1) is 0 Å². The van der Waals surface area contributed by atoms with Crippen molar-refractivity contribution in [2.45, 2.75) is 64.6 Å². The van der Waals surface area contributed by atoms with Gasteiger partial charge in [0.05, 0.1) is 0 Å². The van der Waals surface area contributed by atoms with Crippen molar-refractivity contribution in [3.8, 4) is 0 Å². The van der Waals surface area contributed by atoms with Gasteiger partial charge in [-0.2, -0.15) is 0 Å². The third kappa shape index (κ3) is 6.66. The van der Waals surface area contributed by atoms with E-state index in [4.69, 9.17) is 4.74 Å². The molecule has 124 valence electrons. The molecule has 0 saturated carbocycles. The highest BCUT2D eigenvalue weighted by Crippen LogP contribution is 2.20. The van der Waals surface area contributed by atoms with Gasteiger partial charge in [-0.3, -0.25) is 0 Å². The van der Waals surface area contributed by atoms with Gasteiger partial charge in [0.2, 0.25) is 0 Å². The minimum atomic E-state index is -0.425. The normalized spacial score (nSPS) is 21.5. The molecule has 1 heterocycles. The van der Waals surface area contributed by atoms with Crippen LogP contribution in [-0.2, 0) is 4.74 Å². The van der Waals surface area contributed by atoms with E-state index < -0.39 is 5.60 Å². The molecule has 0 radical (unpaired) electrons. The van der Waals surface area contributed by atoms with Gasteiger partial charge in [0, 0.05) is 31.7 Å². The minimum Gasteiger partial charge on any atom is -0.444 e. The standard InChI is InChI=1S/C16H33N3O2/c1-13(18(5)6)11-17-12-14-9-7-8-10-19(14)15(20)21-16(2,3)4/h13-14,17H,7-12H2,1-6H3. The molecule has 0 spiro atoms. The zero-order chi connectivity index (χ0) is 16.0. The summed E-state index contributed by atoms with van der Waals surface area (Å²) in [5, 5.41) is 3.49. The molecule has 21 heavy (non-hydrogen) atoms. The van der Waals surface area contributed by atoms with Gasteiger partial charge in [0.25, 0.3) is 0 Å². The van der Waals surface area contributed by atoms with Crippen molar-refractivity contribution in [2.75, 3.05) is 33.7 Å². The van der Waals surface area contributed by atoms with Crippen molar-refractivity contribution in [1.29, 1.82) is 0 Å². The number of rotatable bonds is 5. The summed E-state index contributed by atoms with van der Waals surface area (Å²) in [5.41, 5.74) is -0.425. The van der Waals surface area contributed by atoms with E-state index in [1.165, 1.54) is 6.42 Å². The van der Waals surface area contributed by atoms with E-state index in [0.29, 0.717) is 6.04 Å². The Labute approximate surface area is 130 Å². The fourth-order valence-electron chi connectivity index (χ4n) is 2.42. The van der Waals surface area contributed by atoms with E-state index in [-0.39, 0.29) is 12.1 Å². The Balaban J connectivity index is 2.47. The number of carbonyl (C=O) groups is 1. The van der Waals surface area contributed by atoms with Gasteiger partial charge >= 0.3 is 6.09 Å². The quantitative estimate of drug-likeness (QED) is 0.846. The molecule has 0 aromatic carbocycles. The Morgan fingerprint density at radius 1 is 1.38 bits per heavy atom. The lowest BCUT2D eigenvalue weighted by Crippen LogP contribution is -2.51. The molecule has 1 amide bonds. The van der Waals surface area contributed by atoms with Crippen LogP contribution in [0.15, 0.2) is 0 Å². The number of likely N-dealkylation sites (N-methyl/N-ethyl adjacent to an activating group) is 1. The molecule has 1 rings (SSSR count). The first-order chi connectivity index (χ1) is 9.70. The lowest BCUT2D eigenvalue weighted by molar-refractivity contribution is 0.00986. The smallest absolute Gasteiger partial charge is 0.410 e. The predicted molar refractivity (Wildman–Crippen MR) is 86.6 cm³/mol. The summed E-state index contributed by atoms with van der Waals surface area (Å²) in [5.74, 6) is 0. The summed E-state index contributed by atoms with van der Waals surface area (Å²) in [6.45, 7) is 10.5.